The van der Waals surface area contributed by atoms with Gasteiger partial charge in [-0.25, -0.2) is 0 Å². The quantitative estimate of drug-likeness (QED) is 0.868. The maximum atomic E-state index is 5.37. The summed E-state index contributed by atoms with van der Waals surface area (Å²) < 4.78 is 10.6. The number of benzene rings is 1. The molecular formula is C14H19N3O2. The summed E-state index contributed by atoms with van der Waals surface area (Å²) in [6.45, 7) is 4.14. The molecule has 1 aromatic carbocycles. The van der Waals surface area contributed by atoms with E-state index in [0.29, 0.717) is 6.04 Å². The number of H-pyrrole nitrogens is 1. The number of nitrogens with zero attached hydrogens (tertiary/aromatic N) is 1. The first-order valence-corrected chi connectivity index (χ1v) is 6.18. The normalized spacial score (nSPS) is 10.6. The maximum Gasteiger partial charge on any atom is 0.148 e. The van der Waals surface area contributed by atoms with Crippen molar-refractivity contribution in [2.75, 3.05) is 19.5 Å². The van der Waals surface area contributed by atoms with Crippen molar-refractivity contribution >= 4 is 5.82 Å². The van der Waals surface area contributed by atoms with Crippen LogP contribution in [0.4, 0.5) is 5.82 Å². The molecule has 0 aliphatic heterocycles. The number of ether oxygens (including phenoxy) is 2. The number of aromatic nitrogens is 2. The van der Waals surface area contributed by atoms with Crippen molar-refractivity contribution in [1.29, 1.82) is 0 Å². The van der Waals surface area contributed by atoms with Crippen LogP contribution in [0.5, 0.6) is 11.5 Å². The molecule has 2 rings (SSSR count). The minimum Gasteiger partial charge on any atom is -0.497 e. The molecule has 19 heavy (non-hydrogen) atoms. The van der Waals surface area contributed by atoms with E-state index < -0.39 is 0 Å². The summed E-state index contributed by atoms with van der Waals surface area (Å²) in [4.78, 5) is 0. The van der Waals surface area contributed by atoms with Crippen LogP contribution >= 0.6 is 0 Å². The average Bonchev–Trinajstić information content (AvgIpc) is 2.85. The molecule has 1 heterocycles. The highest BCUT2D eigenvalue weighted by molar-refractivity contribution is 5.71. The third-order valence-corrected chi connectivity index (χ3v) is 2.71. The molecule has 2 aromatic rings. The molecule has 5 nitrogen and oxygen atoms in total. The number of anilines is 1. The van der Waals surface area contributed by atoms with Gasteiger partial charge in [0.05, 0.1) is 19.9 Å². The first-order chi connectivity index (χ1) is 9.13. The van der Waals surface area contributed by atoms with Crippen LogP contribution in [0.1, 0.15) is 13.8 Å². The second-order valence-corrected chi connectivity index (χ2v) is 4.53. The zero-order valence-electron chi connectivity index (χ0n) is 11.7. The zero-order chi connectivity index (χ0) is 13.8. The van der Waals surface area contributed by atoms with Gasteiger partial charge in [-0.2, -0.15) is 5.10 Å². The van der Waals surface area contributed by atoms with E-state index in [0.717, 1.165) is 28.6 Å². The van der Waals surface area contributed by atoms with Gasteiger partial charge in [-0.05, 0) is 32.0 Å². The maximum absolute atomic E-state index is 5.37. The summed E-state index contributed by atoms with van der Waals surface area (Å²) in [7, 11) is 3.29. The molecular weight excluding hydrogens is 242 g/mol. The molecule has 102 valence electrons. The number of nitrogens with one attached hydrogen (secondary N) is 2. The van der Waals surface area contributed by atoms with Gasteiger partial charge in [0.1, 0.15) is 17.3 Å². The van der Waals surface area contributed by atoms with Crippen molar-refractivity contribution in [3.05, 3.63) is 24.3 Å². The lowest BCUT2D eigenvalue weighted by molar-refractivity contribution is 0.404. The van der Waals surface area contributed by atoms with Crippen LogP contribution in [0.2, 0.25) is 0 Å². The average molecular weight is 261 g/mol. The Hall–Kier alpha value is -2.17. The number of hydrogen-bond donors (Lipinski definition) is 2. The Morgan fingerprint density at radius 3 is 2.58 bits per heavy atom. The van der Waals surface area contributed by atoms with Gasteiger partial charge in [0.2, 0.25) is 0 Å². The molecule has 0 amide bonds. The van der Waals surface area contributed by atoms with Crippen molar-refractivity contribution in [1.82, 2.24) is 10.2 Å². The summed E-state index contributed by atoms with van der Waals surface area (Å²) in [5.74, 6) is 2.37. The van der Waals surface area contributed by atoms with Gasteiger partial charge in [-0.3, -0.25) is 5.10 Å². The smallest absolute Gasteiger partial charge is 0.148 e. The van der Waals surface area contributed by atoms with E-state index in [1.807, 2.05) is 24.3 Å². The van der Waals surface area contributed by atoms with E-state index in [1.165, 1.54) is 0 Å². The van der Waals surface area contributed by atoms with Crippen LogP contribution in [0.3, 0.4) is 0 Å². The Morgan fingerprint density at radius 2 is 1.95 bits per heavy atom. The number of rotatable bonds is 5. The molecule has 2 N–H and O–H groups in total. The van der Waals surface area contributed by atoms with E-state index in [4.69, 9.17) is 9.47 Å². The monoisotopic (exact) mass is 261 g/mol. The van der Waals surface area contributed by atoms with Gasteiger partial charge in [0, 0.05) is 17.7 Å². The SMILES string of the molecule is COc1ccc(OC)c(-c2cc(NC(C)C)n[nH]2)c1. The van der Waals surface area contributed by atoms with Crippen LogP contribution in [-0.4, -0.2) is 30.5 Å². The largest absolute Gasteiger partial charge is 0.497 e. The van der Waals surface area contributed by atoms with Crippen molar-refractivity contribution in [2.24, 2.45) is 0 Å². The second kappa shape index (κ2) is 5.65. The molecule has 0 spiro atoms. The Morgan fingerprint density at radius 1 is 1.16 bits per heavy atom. The van der Waals surface area contributed by atoms with E-state index in [1.54, 1.807) is 14.2 Å². The van der Waals surface area contributed by atoms with Crippen LogP contribution in [0.25, 0.3) is 11.3 Å². The lowest BCUT2D eigenvalue weighted by atomic mass is 10.1. The standard InChI is InChI=1S/C14H19N3O2/c1-9(2)15-14-8-12(16-17-14)11-7-10(18-3)5-6-13(11)19-4/h5-9H,1-4H3,(H2,15,16,17). The van der Waals surface area contributed by atoms with Gasteiger partial charge in [-0.15, -0.1) is 0 Å². The van der Waals surface area contributed by atoms with Crippen LogP contribution < -0.4 is 14.8 Å². The molecule has 0 unspecified atom stereocenters. The molecule has 5 heteroatoms. The Bertz CT molecular complexity index is 549. The van der Waals surface area contributed by atoms with Crippen LogP contribution in [0.15, 0.2) is 24.3 Å². The molecule has 0 radical (unpaired) electrons. The third kappa shape index (κ3) is 2.99. The van der Waals surface area contributed by atoms with Gasteiger partial charge < -0.3 is 14.8 Å². The summed E-state index contributed by atoms with van der Waals surface area (Å²) >= 11 is 0. The fourth-order valence-corrected chi connectivity index (χ4v) is 1.85. The van der Waals surface area contributed by atoms with Crippen LogP contribution in [-0.2, 0) is 0 Å². The highest BCUT2D eigenvalue weighted by Crippen LogP contribution is 2.33. The number of aromatic amines is 1. The molecule has 0 aliphatic rings. The Kier molecular flexibility index (Phi) is 3.94. The Balaban J connectivity index is 2.36. The highest BCUT2D eigenvalue weighted by atomic mass is 16.5. The molecule has 0 atom stereocenters. The predicted molar refractivity (Wildman–Crippen MR) is 75.9 cm³/mol. The lowest BCUT2D eigenvalue weighted by Gasteiger charge is -2.08. The van der Waals surface area contributed by atoms with E-state index in [9.17, 15) is 0 Å². The summed E-state index contributed by atoms with van der Waals surface area (Å²) in [5.41, 5.74) is 1.81. The van der Waals surface area contributed by atoms with Crippen molar-refractivity contribution in [2.45, 2.75) is 19.9 Å². The minimum absolute atomic E-state index is 0.336. The molecule has 0 saturated carbocycles. The van der Waals surface area contributed by atoms with Crippen molar-refractivity contribution in [3.8, 4) is 22.8 Å². The first-order valence-electron chi connectivity index (χ1n) is 6.18. The predicted octanol–water partition coefficient (Wildman–Crippen LogP) is 2.91. The number of hydrogen-bond acceptors (Lipinski definition) is 4. The van der Waals surface area contributed by atoms with Crippen molar-refractivity contribution in [3.63, 3.8) is 0 Å². The molecule has 0 bridgehead atoms. The molecule has 0 fully saturated rings. The fourth-order valence-electron chi connectivity index (χ4n) is 1.85. The zero-order valence-corrected chi connectivity index (χ0v) is 11.7. The van der Waals surface area contributed by atoms with Gasteiger partial charge in [-0.1, -0.05) is 0 Å². The van der Waals surface area contributed by atoms with E-state index >= 15 is 0 Å². The highest BCUT2D eigenvalue weighted by Gasteiger charge is 2.11. The van der Waals surface area contributed by atoms with Crippen LogP contribution in [0, 0.1) is 0 Å². The summed E-state index contributed by atoms with van der Waals surface area (Å²) in [6, 6.07) is 7.96. The second-order valence-electron chi connectivity index (χ2n) is 4.53. The van der Waals surface area contributed by atoms with Gasteiger partial charge >= 0.3 is 0 Å². The van der Waals surface area contributed by atoms with Gasteiger partial charge in [0.25, 0.3) is 0 Å². The van der Waals surface area contributed by atoms with E-state index in [-0.39, 0.29) is 0 Å². The fraction of sp³-hybridized carbons (Fsp3) is 0.357. The molecule has 1 aromatic heterocycles. The minimum atomic E-state index is 0.336. The number of methoxy groups -OCH3 is 2. The third-order valence-electron chi connectivity index (χ3n) is 2.71. The van der Waals surface area contributed by atoms with Crippen molar-refractivity contribution < 1.29 is 9.47 Å². The molecule has 0 aliphatic carbocycles. The summed E-state index contributed by atoms with van der Waals surface area (Å²) in [6.07, 6.45) is 0. The van der Waals surface area contributed by atoms with Gasteiger partial charge in [0.15, 0.2) is 0 Å². The summed E-state index contributed by atoms with van der Waals surface area (Å²) in [5, 5.41) is 10.5. The first kappa shape index (κ1) is 13.3. The lowest BCUT2D eigenvalue weighted by Crippen LogP contribution is -2.09. The Labute approximate surface area is 112 Å². The van der Waals surface area contributed by atoms with E-state index in [2.05, 4.69) is 29.4 Å². The topological polar surface area (TPSA) is 59.2 Å². The molecule has 0 saturated heterocycles.